The predicted molar refractivity (Wildman–Crippen MR) is 128 cm³/mol. The molecule has 5 unspecified atom stereocenters. The summed E-state index contributed by atoms with van der Waals surface area (Å²) in [5.74, 6) is 0.457. The second kappa shape index (κ2) is 9.89. The van der Waals surface area contributed by atoms with Crippen LogP contribution in [-0.4, -0.2) is 41.9 Å². The SMILES string of the molecule is C=C1/C(=C\C=C2/CCCC3(C)C(CCN4CCC(C(F)(F)F)CC4)CCC23)CCC(C)C1O. The molecule has 0 aromatic rings. The molecule has 0 bridgehead atoms. The van der Waals surface area contributed by atoms with Crippen molar-refractivity contribution in [2.75, 3.05) is 19.6 Å². The number of nitrogens with zero attached hydrogens (tertiary/aromatic N) is 1. The summed E-state index contributed by atoms with van der Waals surface area (Å²) in [5.41, 5.74) is 3.97. The van der Waals surface area contributed by atoms with Crippen LogP contribution < -0.4 is 0 Å². The average Bonchev–Trinajstić information content (AvgIpc) is 3.12. The van der Waals surface area contributed by atoms with Crippen molar-refractivity contribution in [3.63, 3.8) is 0 Å². The van der Waals surface area contributed by atoms with Crippen LogP contribution in [0, 0.1) is 29.1 Å². The quantitative estimate of drug-likeness (QED) is 0.480. The summed E-state index contributed by atoms with van der Waals surface area (Å²) in [4.78, 5) is 2.27. The van der Waals surface area contributed by atoms with E-state index < -0.39 is 18.2 Å². The third-order valence-electron chi connectivity index (χ3n) is 9.68. The highest BCUT2D eigenvalue weighted by molar-refractivity contribution is 5.38. The molecule has 4 rings (SSSR count). The van der Waals surface area contributed by atoms with E-state index in [1.807, 2.05) is 0 Å². The van der Waals surface area contributed by atoms with E-state index >= 15 is 0 Å². The Kier molecular flexibility index (Phi) is 7.50. The first-order valence-corrected chi connectivity index (χ1v) is 13.2. The summed E-state index contributed by atoms with van der Waals surface area (Å²) >= 11 is 0. The van der Waals surface area contributed by atoms with Crippen molar-refractivity contribution in [2.45, 2.75) is 90.3 Å². The summed E-state index contributed by atoms with van der Waals surface area (Å²) in [6.07, 6.45) is 9.86. The Hall–Kier alpha value is -1.07. The molecular weight excluding hydrogens is 423 g/mol. The fourth-order valence-corrected chi connectivity index (χ4v) is 7.28. The number of rotatable bonds is 4. The Morgan fingerprint density at radius 2 is 1.82 bits per heavy atom. The number of aliphatic hydroxyl groups excluding tert-OH is 1. The van der Waals surface area contributed by atoms with Gasteiger partial charge in [-0.25, -0.2) is 0 Å². The van der Waals surface area contributed by atoms with Crippen molar-refractivity contribution in [1.29, 1.82) is 0 Å². The zero-order chi connectivity index (χ0) is 23.8. The first-order valence-electron chi connectivity index (χ1n) is 13.2. The molecule has 1 saturated heterocycles. The van der Waals surface area contributed by atoms with Crippen LogP contribution in [0.5, 0.6) is 0 Å². The Bertz CT molecular complexity index is 777. The van der Waals surface area contributed by atoms with Gasteiger partial charge >= 0.3 is 6.18 Å². The van der Waals surface area contributed by atoms with E-state index in [0.717, 1.165) is 37.8 Å². The number of hydrogen-bond donors (Lipinski definition) is 1. The monoisotopic (exact) mass is 465 g/mol. The second-order valence-corrected chi connectivity index (χ2v) is 11.6. The summed E-state index contributed by atoms with van der Waals surface area (Å²) < 4.78 is 38.9. The van der Waals surface area contributed by atoms with Crippen LogP contribution in [0.2, 0.25) is 0 Å². The molecule has 1 aliphatic heterocycles. The van der Waals surface area contributed by atoms with Gasteiger partial charge in [0.15, 0.2) is 0 Å². The molecule has 1 N–H and O–H groups in total. The third-order valence-corrected chi connectivity index (χ3v) is 9.68. The van der Waals surface area contributed by atoms with E-state index in [9.17, 15) is 18.3 Å². The van der Waals surface area contributed by atoms with E-state index in [-0.39, 0.29) is 18.8 Å². The zero-order valence-electron chi connectivity index (χ0n) is 20.5. The summed E-state index contributed by atoms with van der Waals surface area (Å²) in [7, 11) is 0. The normalized spacial score (nSPS) is 39.4. The molecular formula is C28H42F3NO. The van der Waals surface area contributed by atoms with Crippen LogP contribution in [0.1, 0.15) is 78.1 Å². The number of likely N-dealkylation sites (tertiary alicyclic amines) is 1. The molecule has 0 aromatic carbocycles. The van der Waals surface area contributed by atoms with Crippen molar-refractivity contribution in [1.82, 2.24) is 4.90 Å². The van der Waals surface area contributed by atoms with Gasteiger partial charge in [-0.1, -0.05) is 38.2 Å². The number of fused-ring (bicyclic) bond motifs is 1. The van der Waals surface area contributed by atoms with Gasteiger partial charge in [-0.05, 0) is 118 Å². The van der Waals surface area contributed by atoms with Gasteiger partial charge in [-0.15, -0.1) is 0 Å². The van der Waals surface area contributed by atoms with Crippen molar-refractivity contribution in [3.05, 3.63) is 35.5 Å². The molecule has 3 aliphatic carbocycles. The highest BCUT2D eigenvalue weighted by Gasteiger charge is 2.49. The van der Waals surface area contributed by atoms with Gasteiger partial charge in [-0.3, -0.25) is 0 Å². The van der Waals surface area contributed by atoms with E-state index in [4.69, 9.17) is 0 Å². The van der Waals surface area contributed by atoms with Crippen molar-refractivity contribution in [2.24, 2.45) is 29.1 Å². The number of piperidine rings is 1. The van der Waals surface area contributed by atoms with Gasteiger partial charge < -0.3 is 10.0 Å². The van der Waals surface area contributed by atoms with Gasteiger partial charge in [0.25, 0.3) is 0 Å². The van der Waals surface area contributed by atoms with E-state index in [1.54, 1.807) is 5.57 Å². The first-order chi connectivity index (χ1) is 15.6. The Morgan fingerprint density at radius 3 is 2.52 bits per heavy atom. The molecule has 1 heterocycles. The number of hydrogen-bond acceptors (Lipinski definition) is 2. The summed E-state index contributed by atoms with van der Waals surface area (Å²) in [6.45, 7) is 10.8. The number of halogens is 3. The molecule has 0 aromatic heterocycles. The second-order valence-electron chi connectivity index (χ2n) is 11.6. The van der Waals surface area contributed by atoms with Gasteiger partial charge in [0.05, 0.1) is 12.0 Å². The Morgan fingerprint density at radius 1 is 1.09 bits per heavy atom. The van der Waals surface area contributed by atoms with Crippen LogP contribution in [0.15, 0.2) is 35.5 Å². The lowest BCUT2D eigenvalue weighted by Crippen LogP contribution is -2.41. The molecule has 4 fully saturated rings. The molecule has 5 atom stereocenters. The average molecular weight is 466 g/mol. The lowest BCUT2D eigenvalue weighted by atomic mass is 9.63. The predicted octanol–water partition coefficient (Wildman–Crippen LogP) is 7.07. The molecule has 33 heavy (non-hydrogen) atoms. The largest absolute Gasteiger partial charge is 0.391 e. The van der Waals surface area contributed by atoms with Crippen molar-refractivity contribution in [3.8, 4) is 0 Å². The minimum atomic E-state index is -4.03. The topological polar surface area (TPSA) is 23.5 Å². The maximum Gasteiger partial charge on any atom is 0.391 e. The third kappa shape index (κ3) is 5.29. The molecule has 186 valence electrons. The van der Waals surface area contributed by atoms with Crippen molar-refractivity contribution < 1.29 is 18.3 Å². The minimum absolute atomic E-state index is 0.258. The molecule has 2 nitrogen and oxygen atoms in total. The lowest BCUT2D eigenvalue weighted by Gasteiger charge is -2.43. The van der Waals surface area contributed by atoms with Gasteiger partial charge in [0.2, 0.25) is 0 Å². The minimum Gasteiger partial charge on any atom is -0.388 e. The standard InChI is InChI=1S/C28H42F3NO/c1-19-6-7-21(20(2)26(19)33)8-9-22-5-4-15-27(3)23(10-11-25(22)27)12-16-32-17-13-24(14-18-32)28(29,30)31/h8-9,19,23-26,33H,2,4-7,10-18H2,1,3H3/b21-8-,22-9+. The Labute approximate surface area is 198 Å². The van der Waals surface area contributed by atoms with Crippen LogP contribution in [0.4, 0.5) is 13.2 Å². The van der Waals surface area contributed by atoms with Gasteiger partial charge in [0, 0.05) is 0 Å². The molecule has 4 aliphatic rings. The maximum atomic E-state index is 13.0. The highest BCUT2D eigenvalue weighted by atomic mass is 19.4. The molecule has 5 heteroatoms. The lowest BCUT2D eigenvalue weighted by molar-refractivity contribution is -0.185. The zero-order valence-corrected chi connectivity index (χ0v) is 20.5. The van der Waals surface area contributed by atoms with Gasteiger partial charge in [0.1, 0.15) is 0 Å². The maximum absolute atomic E-state index is 13.0. The smallest absolute Gasteiger partial charge is 0.388 e. The van der Waals surface area contributed by atoms with Crippen LogP contribution in [-0.2, 0) is 0 Å². The fourth-order valence-electron chi connectivity index (χ4n) is 7.28. The Balaban J connectivity index is 1.35. The van der Waals surface area contributed by atoms with E-state index in [2.05, 4.69) is 37.5 Å². The number of alkyl halides is 3. The highest BCUT2D eigenvalue weighted by Crippen LogP contribution is 2.58. The van der Waals surface area contributed by atoms with Crippen LogP contribution in [0.25, 0.3) is 0 Å². The molecule has 0 amide bonds. The van der Waals surface area contributed by atoms with Crippen molar-refractivity contribution >= 4 is 0 Å². The molecule has 0 spiro atoms. The van der Waals surface area contributed by atoms with Crippen LogP contribution >= 0.6 is 0 Å². The summed E-state index contributed by atoms with van der Waals surface area (Å²) in [5, 5.41) is 10.4. The molecule has 3 saturated carbocycles. The van der Waals surface area contributed by atoms with Crippen LogP contribution in [0.3, 0.4) is 0 Å². The van der Waals surface area contributed by atoms with E-state index in [1.165, 1.54) is 31.3 Å². The fraction of sp³-hybridized carbons (Fsp3) is 0.786. The van der Waals surface area contributed by atoms with E-state index in [0.29, 0.717) is 30.3 Å². The first kappa shape index (κ1) is 25.0. The van der Waals surface area contributed by atoms with Gasteiger partial charge in [-0.2, -0.15) is 13.2 Å². The summed E-state index contributed by atoms with van der Waals surface area (Å²) in [6, 6.07) is 0. The number of aliphatic hydroxyl groups is 1. The molecule has 0 radical (unpaired) electrons. The number of allylic oxidation sites excluding steroid dienone is 3.